The van der Waals surface area contributed by atoms with Gasteiger partial charge in [-0.2, -0.15) is 0 Å². The summed E-state index contributed by atoms with van der Waals surface area (Å²) in [5.74, 6) is 0. The van der Waals surface area contributed by atoms with Crippen LogP contribution in [-0.2, 0) is 4.79 Å². The number of carbonyl (C=O) groups excluding carboxylic acids is 1. The molecule has 12 heavy (non-hydrogen) atoms. The molecule has 0 atom stereocenters. The van der Waals surface area contributed by atoms with Crippen LogP contribution in [-0.4, -0.2) is 13.0 Å². The lowest BCUT2D eigenvalue weighted by Crippen LogP contribution is -2.13. The van der Waals surface area contributed by atoms with Crippen molar-refractivity contribution in [1.29, 1.82) is 0 Å². The van der Waals surface area contributed by atoms with Crippen molar-refractivity contribution < 1.29 is 4.79 Å². The largest absolute Gasteiger partial charge is 0.355 e. The molecule has 0 saturated heterocycles. The maximum atomic E-state index is 10.0. The number of amides is 1. The number of rotatable bonds is 3. The second-order valence-electron chi connectivity index (χ2n) is 2.45. The molecule has 0 aromatic carbocycles. The molecule has 0 radical (unpaired) electrons. The normalized spacial score (nSPS) is 16.1. The van der Waals surface area contributed by atoms with Gasteiger partial charge in [0.15, 0.2) is 0 Å². The Labute approximate surface area is 76.6 Å². The summed E-state index contributed by atoms with van der Waals surface area (Å²) in [6.07, 6.45) is 9.26. The fraction of sp³-hybridized carbons (Fsp3) is 0.222. The van der Waals surface area contributed by atoms with Gasteiger partial charge in [-0.15, -0.1) is 0 Å². The molecule has 0 fully saturated rings. The van der Waals surface area contributed by atoms with Gasteiger partial charge in [0.25, 0.3) is 0 Å². The van der Waals surface area contributed by atoms with E-state index in [0.29, 0.717) is 18.0 Å². The van der Waals surface area contributed by atoms with Crippen molar-refractivity contribution >= 4 is 18.0 Å². The molecule has 3 heteroatoms. The smallest absolute Gasteiger partial charge is 0.207 e. The molecule has 0 aliphatic heterocycles. The SMILES string of the molecule is O=CNCC1=CCC=CC(Cl)=C1. The van der Waals surface area contributed by atoms with Gasteiger partial charge in [0, 0.05) is 11.6 Å². The molecule has 0 unspecified atom stereocenters. The summed E-state index contributed by atoms with van der Waals surface area (Å²) in [7, 11) is 0. The van der Waals surface area contributed by atoms with Crippen LogP contribution in [0.15, 0.2) is 34.9 Å². The van der Waals surface area contributed by atoms with Gasteiger partial charge in [-0.05, 0) is 24.1 Å². The van der Waals surface area contributed by atoms with Crippen molar-refractivity contribution in [1.82, 2.24) is 5.32 Å². The highest BCUT2D eigenvalue weighted by Gasteiger charge is 1.96. The Balaban J connectivity index is 2.58. The van der Waals surface area contributed by atoms with E-state index in [1.165, 1.54) is 0 Å². The first kappa shape index (κ1) is 9.07. The van der Waals surface area contributed by atoms with Crippen molar-refractivity contribution in [3.63, 3.8) is 0 Å². The Bertz CT molecular complexity index is 253. The van der Waals surface area contributed by atoms with Gasteiger partial charge in [-0.1, -0.05) is 23.8 Å². The van der Waals surface area contributed by atoms with Crippen LogP contribution in [0.5, 0.6) is 0 Å². The van der Waals surface area contributed by atoms with Gasteiger partial charge in [-0.25, -0.2) is 0 Å². The number of allylic oxidation sites excluding steroid dienone is 4. The van der Waals surface area contributed by atoms with Crippen molar-refractivity contribution in [2.75, 3.05) is 6.54 Å². The monoisotopic (exact) mass is 183 g/mol. The van der Waals surface area contributed by atoms with Crippen molar-refractivity contribution in [3.8, 4) is 0 Å². The first-order valence-corrected chi connectivity index (χ1v) is 4.10. The Kier molecular flexibility index (Phi) is 3.61. The number of halogens is 1. The third kappa shape index (κ3) is 2.93. The lowest BCUT2D eigenvalue weighted by atomic mass is 10.2. The van der Waals surface area contributed by atoms with Crippen LogP contribution in [0.25, 0.3) is 0 Å². The van der Waals surface area contributed by atoms with Crippen LogP contribution >= 0.6 is 11.6 Å². The molecule has 0 aromatic heterocycles. The average Bonchev–Trinajstić information content (AvgIpc) is 2.26. The second kappa shape index (κ2) is 4.78. The maximum absolute atomic E-state index is 10.0. The quantitative estimate of drug-likeness (QED) is 0.664. The number of nitrogens with one attached hydrogen (secondary N) is 1. The van der Waals surface area contributed by atoms with E-state index in [9.17, 15) is 4.79 Å². The third-order valence-electron chi connectivity index (χ3n) is 1.51. The highest BCUT2D eigenvalue weighted by Crippen LogP contribution is 2.13. The van der Waals surface area contributed by atoms with E-state index < -0.39 is 0 Å². The van der Waals surface area contributed by atoms with E-state index in [0.717, 1.165) is 12.0 Å². The highest BCUT2D eigenvalue weighted by atomic mass is 35.5. The van der Waals surface area contributed by atoms with Crippen molar-refractivity contribution in [2.24, 2.45) is 0 Å². The minimum atomic E-state index is 0.543. The summed E-state index contributed by atoms with van der Waals surface area (Å²) < 4.78 is 0. The van der Waals surface area contributed by atoms with Crippen LogP contribution in [0.1, 0.15) is 6.42 Å². The number of hydrogen-bond donors (Lipinski definition) is 1. The first-order chi connectivity index (χ1) is 5.83. The topological polar surface area (TPSA) is 29.1 Å². The Hall–Kier alpha value is -1.02. The summed E-state index contributed by atoms with van der Waals surface area (Å²) in [6.45, 7) is 0.543. The molecule has 0 bridgehead atoms. The minimum Gasteiger partial charge on any atom is -0.355 e. The predicted molar refractivity (Wildman–Crippen MR) is 49.8 cm³/mol. The van der Waals surface area contributed by atoms with Crippen LogP contribution in [0.2, 0.25) is 0 Å². The second-order valence-corrected chi connectivity index (χ2v) is 2.88. The van der Waals surface area contributed by atoms with Crippen molar-refractivity contribution in [3.05, 3.63) is 34.9 Å². The molecule has 0 heterocycles. The fourth-order valence-electron chi connectivity index (χ4n) is 0.967. The molecular formula is C9H10ClNO. The fourth-order valence-corrected chi connectivity index (χ4v) is 1.20. The van der Waals surface area contributed by atoms with E-state index >= 15 is 0 Å². The van der Waals surface area contributed by atoms with Gasteiger partial charge in [0.05, 0.1) is 0 Å². The van der Waals surface area contributed by atoms with Gasteiger partial charge < -0.3 is 5.32 Å². The lowest BCUT2D eigenvalue weighted by molar-refractivity contribution is -0.109. The molecular weight excluding hydrogens is 174 g/mol. The molecule has 1 rings (SSSR count). The molecule has 0 aromatic rings. The summed E-state index contributed by atoms with van der Waals surface area (Å²) in [4.78, 5) is 10.0. The van der Waals surface area contributed by atoms with E-state index in [2.05, 4.69) is 5.32 Å². The molecule has 1 amide bonds. The molecule has 1 aliphatic carbocycles. The van der Waals surface area contributed by atoms with Gasteiger partial charge in [-0.3, -0.25) is 4.79 Å². The Morgan fingerprint density at radius 2 is 2.50 bits per heavy atom. The van der Waals surface area contributed by atoms with Crippen LogP contribution in [0.4, 0.5) is 0 Å². The zero-order valence-electron chi connectivity index (χ0n) is 6.59. The molecule has 1 N–H and O–H groups in total. The third-order valence-corrected chi connectivity index (χ3v) is 1.74. The molecule has 0 spiro atoms. The van der Waals surface area contributed by atoms with Crippen molar-refractivity contribution in [2.45, 2.75) is 6.42 Å². The van der Waals surface area contributed by atoms with Gasteiger partial charge >= 0.3 is 0 Å². The van der Waals surface area contributed by atoms with E-state index in [1.54, 1.807) is 0 Å². The standard InChI is InChI=1S/C9H10ClNO/c10-9-4-2-1-3-8(5-9)6-11-7-12/h2-5,7H,1,6H2,(H,11,12). The average molecular weight is 184 g/mol. The van der Waals surface area contributed by atoms with E-state index in [4.69, 9.17) is 11.6 Å². The maximum Gasteiger partial charge on any atom is 0.207 e. The number of hydrogen-bond acceptors (Lipinski definition) is 1. The summed E-state index contributed by atoms with van der Waals surface area (Å²) in [5, 5.41) is 3.29. The summed E-state index contributed by atoms with van der Waals surface area (Å²) in [5.41, 5.74) is 1.04. The Morgan fingerprint density at radius 1 is 1.67 bits per heavy atom. The van der Waals surface area contributed by atoms with Crippen LogP contribution < -0.4 is 5.32 Å². The molecule has 64 valence electrons. The summed E-state index contributed by atoms with van der Waals surface area (Å²) >= 11 is 5.81. The zero-order chi connectivity index (χ0) is 8.81. The van der Waals surface area contributed by atoms with Gasteiger partial charge in [0.1, 0.15) is 0 Å². The number of carbonyl (C=O) groups is 1. The first-order valence-electron chi connectivity index (χ1n) is 3.72. The molecule has 0 saturated carbocycles. The van der Waals surface area contributed by atoms with Crippen LogP contribution in [0, 0.1) is 0 Å². The minimum absolute atomic E-state index is 0.543. The van der Waals surface area contributed by atoms with Crippen LogP contribution in [0.3, 0.4) is 0 Å². The highest BCUT2D eigenvalue weighted by molar-refractivity contribution is 6.31. The predicted octanol–water partition coefficient (Wildman–Crippen LogP) is 1.74. The molecule has 1 aliphatic rings. The zero-order valence-corrected chi connectivity index (χ0v) is 7.34. The van der Waals surface area contributed by atoms with E-state index in [-0.39, 0.29) is 0 Å². The lowest BCUT2D eigenvalue weighted by Gasteiger charge is -1.98. The molecule has 2 nitrogen and oxygen atoms in total. The Morgan fingerprint density at radius 3 is 3.25 bits per heavy atom. The summed E-state index contributed by atoms with van der Waals surface area (Å²) in [6, 6.07) is 0. The van der Waals surface area contributed by atoms with Gasteiger partial charge in [0.2, 0.25) is 6.41 Å². The van der Waals surface area contributed by atoms with E-state index in [1.807, 2.05) is 24.3 Å².